The van der Waals surface area contributed by atoms with Crippen LogP contribution in [0.2, 0.25) is 0 Å². The molecule has 0 aliphatic carbocycles. The number of hydrogen-bond donors (Lipinski definition) is 1. The molecule has 0 amide bonds. The zero-order chi connectivity index (χ0) is 21.2. The number of ether oxygens (including phenoxy) is 3. The number of piperidine rings is 1. The quantitative estimate of drug-likeness (QED) is 0.678. The lowest BCUT2D eigenvalue weighted by Gasteiger charge is -2.36. The molecule has 1 aromatic heterocycles. The molecule has 5 rings (SSSR count). The van der Waals surface area contributed by atoms with Gasteiger partial charge in [-0.2, -0.15) is 5.10 Å². The van der Waals surface area contributed by atoms with Gasteiger partial charge < -0.3 is 19.3 Å². The summed E-state index contributed by atoms with van der Waals surface area (Å²) >= 11 is 0. The van der Waals surface area contributed by atoms with Crippen LogP contribution in [0.3, 0.4) is 0 Å². The summed E-state index contributed by atoms with van der Waals surface area (Å²) < 4.78 is 32.9. The van der Waals surface area contributed by atoms with E-state index in [0.29, 0.717) is 55.7 Å². The summed E-state index contributed by atoms with van der Waals surface area (Å²) in [5.74, 6) is 1.55. The summed E-state index contributed by atoms with van der Waals surface area (Å²) in [6.07, 6.45) is 3.26. The number of likely N-dealkylation sites (tertiary alicyclic amines) is 1. The van der Waals surface area contributed by atoms with Gasteiger partial charge in [0.05, 0.1) is 6.20 Å². The van der Waals surface area contributed by atoms with Gasteiger partial charge in [-0.05, 0) is 30.7 Å². The number of halogens is 1. The van der Waals surface area contributed by atoms with Crippen LogP contribution in [-0.2, 0) is 6.54 Å². The Morgan fingerprint density at radius 2 is 2.00 bits per heavy atom. The van der Waals surface area contributed by atoms with E-state index in [1.54, 1.807) is 24.4 Å². The van der Waals surface area contributed by atoms with Gasteiger partial charge in [-0.25, -0.2) is 9.07 Å². The van der Waals surface area contributed by atoms with Crippen LogP contribution in [-0.4, -0.2) is 58.3 Å². The van der Waals surface area contributed by atoms with E-state index in [9.17, 15) is 9.50 Å². The van der Waals surface area contributed by atoms with E-state index in [0.717, 1.165) is 12.1 Å². The number of benzene rings is 2. The number of hydrogen-bond acceptors (Lipinski definition) is 6. The standard InChI is InChI=1S/C23H24FN3O4/c24-17-4-1-2-5-18(17)27-14-16(12-25-27)13-26-9-8-20(19(28)15-26)31-22-7-3-6-21-23(22)30-11-10-29-21/h1-7,12,14,19-20,28H,8-11,13,15H2/t19-,20-/m1/s1. The van der Waals surface area contributed by atoms with Crippen molar-refractivity contribution in [2.45, 2.75) is 25.2 Å². The summed E-state index contributed by atoms with van der Waals surface area (Å²) in [5, 5.41) is 15.0. The van der Waals surface area contributed by atoms with Gasteiger partial charge in [0, 0.05) is 31.4 Å². The lowest BCUT2D eigenvalue weighted by molar-refractivity contribution is -0.0290. The molecule has 3 heterocycles. The maximum Gasteiger partial charge on any atom is 0.203 e. The van der Waals surface area contributed by atoms with E-state index in [-0.39, 0.29) is 11.9 Å². The number of β-amino-alcohol motifs (C(OH)–C–C–N with tert-alkyl or cyclic N) is 1. The number of fused-ring (bicyclic) bond motifs is 1. The Morgan fingerprint density at radius 1 is 1.13 bits per heavy atom. The van der Waals surface area contributed by atoms with Crippen LogP contribution in [0.1, 0.15) is 12.0 Å². The first-order valence-electron chi connectivity index (χ1n) is 10.4. The highest BCUT2D eigenvalue weighted by Gasteiger charge is 2.31. The molecule has 1 fully saturated rings. The first-order valence-corrected chi connectivity index (χ1v) is 10.4. The van der Waals surface area contributed by atoms with Crippen molar-refractivity contribution in [3.8, 4) is 22.9 Å². The summed E-state index contributed by atoms with van der Waals surface area (Å²) in [6, 6.07) is 12.1. The lowest BCUT2D eigenvalue weighted by Crippen LogP contribution is -2.48. The summed E-state index contributed by atoms with van der Waals surface area (Å²) in [6.45, 7) is 2.86. The van der Waals surface area contributed by atoms with Gasteiger partial charge in [-0.1, -0.05) is 18.2 Å². The van der Waals surface area contributed by atoms with Crippen molar-refractivity contribution >= 4 is 0 Å². The molecule has 0 radical (unpaired) electrons. The minimum Gasteiger partial charge on any atom is -0.486 e. The van der Waals surface area contributed by atoms with E-state index >= 15 is 0 Å². The third kappa shape index (κ3) is 4.22. The minimum atomic E-state index is -0.643. The van der Waals surface area contributed by atoms with Crippen molar-refractivity contribution in [3.05, 3.63) is 66.2 Å². The number of aromatic nitrogens is 2. The van der Waals surface area contributed by atoms with Crippen LogP contribution in [0.5, 0.6) is 17.2 Å². The minimum absolute atomic E-state index is 0.317. The van der Waals surface area contributed by atoms with E-state index in [1.165, 1.54) is 10.7 Å². The molecule has 0 spiro atoms. The molecular formula is C23H24FN3O4. The smallest absolute Gasteiger partial charge is 0.203 e. The van der Waals surface area contributed by atoms with E-state index in [1.807, 2.05) is 24.4 Å². The molecule has 0 unspecified atom stereocenters. The van der Waals surface area contributed by atoms with Gasteiger partial charge in [0.1, 0.15) is 36.9 Å². The van der Waals surface area contributed by atoms with Gasteiger partial charge >= 0.3 is 0 Å². The molecule has 7 nitrogen and oxygen atoms in total. The summed E-state index contributed by atoms with van der Waals surface area (Å²) in [4.78, 5) is 2.15. The zero-order valence-corrected chi connectivity index (χ0v) is 17.0. The Labute approximate surface area is 179 Å². The third-order valence-corrected chi connectivity index (χ3v) is 5.55. The largest absolute Gasteiger partial charge is 0.486 e. The fraction of sp³-hybridized carbons (Fsp3) is 0.348. The van der Waals surface area contributed by atoms with Gasteiger partial charge in [-0.3, -0.25) is 4.90 Å². The van der Waals surface area contributed by atoms with Crippen molar-refractivity contribution in [1.82, 2.24) is 14.7 Å². The predicted molar refractivity (Wildman–Crippen MR) is 111 cm³/mol. The topological polar surface area (TPSA) is 69.0 Å². The van der Waals surface area contributed by atoms with Crippen molar-refractivity contribution in [2.24, 2.45) is 0 Å². The average Bonchev–Trinajstić information content (AvgIpc) is 3.24. The van der Waals surface area contributed by atoms with Crippen LogP contribution in [0.15, 0.2) is 54.9 Å². The molecule has 3 aromatic rings. The van der Waals surface area contributed by atoms with E-state index < -0.39 is 6.10 Å². The molecule has 2 aromatic carbocycles. The molecule has 1 N–H and O–H groups in total. The molecule has 8 heteroatoms. The Bertz CT molecular complexity index is 1060. The first-order chi connectivity index (χ1) is 15.2. The number of aliphatic hydroxyl groups is 1. The molecule has 0 saturated carbocycles. The van der Waals surface area contributed by atoms with Gasteiger partial charge in [0.25, 0.3) is 0 Å². The average molecular weight is 425 g/mol. The van der Waals surface area contributed by atoms with Crippen molar-refractivity contribution in [3.63, 3.8) is 0 Å². The Balaban J connectivity index is 1.21. The van der Waals surface area contributed by atoms with Crippen LogP contribution in [0, 0.1) is 5.82 Å². The molecule has 162 valence electrons. The van der Waals surface area contributed by atoms with Gasteiger partial charge in [0.15, 0.2) is 11.5 Å². The molecule has 2 aliphatic rings. The fourth-order valence-electron chi connectivity index (χ4n) is 4.03. The van der Waals surface area contributed by atoms with Crippen LogP contribution in [0.25, 0.3) is 5.69 Å². The first kappa shape index (κ1) is 19.8. The summed E-state index contributed by atoms with van der Waals surface area (Å²) in [7, 11) is 0. The molecular weight excluding hydrogens is 401 g/mol. The predicted octanol–water partition coefficient (Wildman–Crippen LogP) is 2.80. The highest BCUT2D eigenvalue weighted by Crippen LogP contribution is 2.40. The number of rotatable bonds is 5. The highest BCUT2D eigenvalue weighted by atomic mass is 19.1. The Hall–Kier alpha value is -3.10. The molecule has 2 atom stereocenters. The molecule has 1 saturated heterocycles. The number of aliphatic hydroxyl groups excluding tert-OH is 1. The Kier molecular flexibility index (Phi) is 5.48. The van der Waals surface area contributed by atoms with E-state index in [2.05, 4.69) is 10.00 Å². The zero-order valence-electron chi connectivity index (χ0n) is 17.0. The molecule has 31 heavy (non-hydrogen) atoms. The normalized spacial score (nSPS) is 21.1. The SMILES string of the molecule is O[C@@H]1CN(Cc2cnn(-c3ccccc3F)c2)CC[C@H]1Oc1cccc2c1OCCO2. The maximum atomic E-state index is 14.0. The van der Waals surface area contributed by atoms with Crippen molar-refractivity contribution in [1.29, 1.82) is 0 Å². The number of para-hydroxylation sites is 2. The third-order valence-electron chi connectivity index (χ3n) is 5.55. The van der Waals surface area contributed by atoms with E-state index in [4.69, 9.17) is 14.2 Å². The van der Waals surface area contributed by atoms with Gasteiger partial charge in [0.2, 0.25) is 5.75 Å². The van der Waals surface area contributed by atoms with Crippen molar-refractivity contribution in [2.75, 3.05) is 26.3 Å². The summed E-state index contributed by atoms with van der Waals surface area (Å²) in [5.41, 5.74) is 1.37. The lowest BCUT2D eigenvalue weighted by atomic mass is 10.0. The van der Waals surface area contributed by atoms with Crippen LogP contribution >= 0.6 is 0 Å². The Morgan fingerprint density at radius 3 is 2.87 bits per heavy atom. The maximum absolute atomic E-state index is 14.0. The number of nitrogens with zero attached hydrogens (tertiary/aromatic N) is 3. The second kappa shape index (κ2) is 8.56. The monoisotopic (exact) mass is 425 g/mol. The van der Waals surface area contributed by atoms with Crippen molar-refractivity contribution < 1.29 is 23.7 Å². The van der Waals surface area contributed by atoms with Crippen LogP contribution in [0.4, 0.5) is 4.39 Å². The second-order valence-corrected chi connectivity index (χ2v) is 7.77. The highest BCUT2D eigenvalue weighted by molar-refractivity contribution is 5.52. The molecule has 0 bridgehead atoms. The fourth-order valence-corrected chi connectivity index (χ4v) is 4.03. The molecule has 2 aliphatic heterocycles. The van der Waals surface area contributed by atoms with Crippen LogP contribution < -0.4 is 14.2 Å². The van der Waals surface area contributed by atoms with Gasteiger partial charge in [-0.15, -0.1) is 0 Å². The second-order valence-electron chi connectivity index (χ2n) is 7.77.